The normalized spacial score (nSPS) is 18.9. The zero-order chi connectivity index (χ0) is 20.9. The summed E-state index contributed by atoms with van der Waals surface area (Å²) in [5.41, 5.74) is -0.395. The van der Waals surface area contributed by atoms with Crippen molar-refractivity contribution in [2.75, 3.05) is 45.9 Å². The van der Waals surface area contributed by atoms with E-state index in [0.29, 0.717) is 12.8 Å². The van der Waals surface area contributed by atoms with Crippen LogP contribution < -0.4 is 16.0 Å². The highest BCUT2D eigenvalue weighted by atomic mass is 31.2. The van der Waals surface area contributed by atoms with Gasteiger partial charge in [0.25, 0.3) is 0 Å². The zero-order valence-corrected chi connectivity index (χ0v) is 17.1. The molecule has 0 aliphatic carbocycles. The van der Waals surface area contributed by atoms with Gasteiger partial charge in [-0.05, 0) is 25.9 Å². The van der Waals surface area contributed by atoms with Crippen LogP contribution in [-0.4, -0.2) is 85.8 Å². The fraction of sp³-hybridized carbons (Fsp3) is 1.00. The molecule has 0 amide bonds. The average Bonchev–Trinajstić information content (AvgIpc) is 2.46. The van der Waals surface area contributed by atoms with Crippen molar-refractivity contribution in [1.82, 2.24) is 16.0 Å². The fourth-order valence-electron chi connectivity index (χ4n) is 1.75. The van der Waals surface area contributed by atoms with Gasteiger partial charge in [-0.25, -0.2) is 4.57 Å². The van der Waals surface area contributed by atoms with Crippen LogP contribution in [0, 0.1) is 0 Å². The maximum absolute atomic E-state index is 10.7. The Morgan fingerprint density at radius 3 is 1.04 bits per heavy atom. The van der Waals surface area contributed by atoms with Crippen LogP contribution in [0.1, 0.15) is 12.8 Å². The topological polar surface area (TPSA) is 229 Å². The molecule has 0 radical (unpaired) electrons. The highest BCUT2D eigenvalue weighted by Crippen LogP contribution is 2.45. The molecule has 2 aliphatic heterocycles. The van der Waals surface area contributed by atoms with Crippen molar-refractivity contribution in [3.05, 3.63) is 0 Å². The maximum atomic E-state index is 10.7. The van der Waals surface area contributed by atoms with E-state index in [1.807, 2.05) is 0 Å². The Bertz CT molecular complexity index is 433. The third-order valence-corrected chi connectivity index (χ3v) is 4.21. The van der Waals surface area contributed by atoms with E-state index in [2.05, 4.69) is 16.0 Å². The van der Waals surface area contributed by atoms with Gasteiger partial charge in [-0.3, -0.25) is 9.13 Å². The Morgan fingerprint density at radius 1 is 0.654 bits per heavy atom. The molecule has 2 fully saturated rings. The second kappa shape index (κ2) is 14.3. The lowest BCUT2D eigenvalue weighted by molar-refractivity contribution is 0.275. The Labute approximate surface area is 152 Å². The van der Waals surface area contributed by atoms with E-state index in [1.165, 1.54) is 0 Å². The summed E-state index contributed by atoms with van der Waals surface area (Å²) in [5, 5.41) is 9.49. The number of piperazine rings is 1. The predicted octanol–water partition coefficient (Wildman–Crippen LogP) is -2.04. The lowest BCUT2D eigenvalue weighted by atomic mass is 10.2. The Hall–Kier alpha value is 0.290. The molecule has 2 aliphatic rings. The van der Waals surface area contributed by atoms with Crippen LogP contribution in [-0.2, 0) is 13.7 Å². The van der Waals surface area contributed by atoms with Gasteiger partial charge in [0.15, 0.2) is 0 Å². The van der Waals surface area contributed by atoms with E-state index in [-0.39, 0.29) is 0 Å². The first-order valence-electron chi connectivity index (χ1n) is 7.59. The minimum Gasteiger partial charge on any atom is -0.325 e. The number of piperidine rings is 1. The molecule has 2 saturated heterocycles. The van der Waals surface area contributed by atoms with E-state index in [0.717, 1.165) is 45.9 Å². The van der Waals surface area contributed by atoms with Crippen molar-refractivity contribution in [2.45, 2.75) is 18.5 Å². The quantitative estimate of drug-likeness (QED) is 0.196. The van der Waals surface area contributed by atoms with Crippen molar-refractivity contribution in [3.63, 3.8) is 0 Å². The number of nitrogens with one attached hydrogen (secondary N) is 3. The van der Waals surface area contributed by atoms with E-state index in [9.17, 15) is 9.13 Å². The van der Waals surface area contributed by atoms with Gasteiger partial charge in [0.1, 0.15) is 0 Å². The summed E-state index contributed by atoms with van der Waals surface area (Å²) in [5.74, 6) is 0. The third kappa shape index (κ3) is 32.0. The highest BCUT2D eigenvalue weighted by molar-refractivity contribution is 7.52. The van der Waals surface area contributed by atoms with Crippen molar-refractivity contribution in [1.29, 1.82) is 0 Å². The van der Waals surface area contributed by atoms with Gasteiger partial charge in [-0.1, -0.05) is 0 Å². The molecule has 0 aromatic carbocycles. The lowest BCUT2D eigenvalue weighted by Gasteiger charge is -2.22. The van der Waals surface area contributed by atoms with Crippen molar-refractivity contribution < 1.29 is 47.9 Å². The first kappa shape index (κ1) is 28.5. The molecule has 0 saturated carbocycles. The largest absolute Gasteiger partial charge is 0.466 e. The van der Waals surface area contributed by atoms with Gasteiger partial charge in [-0.15, -0.1) is 0 Å². The van der Waals surface area contributed by atoms with Crippen molar-refractivity contribution >= 4 is 23.0 Å². The summed E-state index contributed by atoms with van der Waals surface area (Å²) >= 11 is 0. The third-order valence-electron chi connectivity index (χ3n) is 2.74. The molecule has 160 valence electrons. The molecule has 10 N–H and O–H groups in total. The number of rotatable bonds is 1. The summed E-state index contributed by atoms with van der Waals surface area (Å²) in [6.45, 7) is 6.87. The summed E-state index contributed by atoms with van der Waals surface area (Å²) in [4.78, 5) is 54.3. The summed E-state index contributed by atoms with van der Waals surface area (Å²) in [7, 11) is -12.1. The molecule has 0 aromatic rings. The second-order valence-electron chi connectivity index (χ2n) is 5.42. The van der Waals surface area contributed by atoms with Crippen LogP contribution in [0.15, 0.2) is 0 Å². The molecule has 0 bridgehead atoms. The van der Waals surface area contributed by atoms with E-state index >= 15 is 0 Å². The molecular weight excluding hydrogens is 415 g/mol. The standard InChI is InChI=1S/C5H12NO3P.C4H10N2.CH5O3P.H3O4P/c7-10(8,9)5-1-3-6-4-2-5;1-2-6-4-3-5-1;2*1-5(2,3)4/h5-6H,1-4H2,(H2,7,8,9);5-6H,1-4H2;1H3,(H2,2,3,4);(H3,1,2,3,4). The van der Waals surface area contributed by atoms with Crippen LogP contribution in [0.2, 0.25) is 0 Å². The van der Waals surface area contributed by atoms with E-state index < -0.39 is 28.7 Å². The molecule has 16 heteroatoms. The smallest absolute Gasteiger partial charge is 0.325 e. The maximum Gasteiger partial charge on any atom is 0.466 e. The Kier molecular flexibility index (Phi) is 15.7. The van der Waals surface area contributed by atoms with Crippen LogP contribution in [0.3, 0.4) is 0 Å². The molecular formula is C10H30N3O10P3. The average molecular weight is 445 g/mol. The SMILES string of the molecule is C1CNCCN1.CP(=O)(O)O.O=P(O)(O)C1CCNCC1.O=P(O)(O)O. The van der Waals surface area contributed by atoms with Crippen molar-refractivity contribution in [3.8, 4) is 0 Å². The van der Waals surface area contributed by atoms with Crippen LogP contribution in [0.4, 0.5) is 0 Å². The van der Waals surface area contributed by atoms with Gasteiger partial charge in [0, 0.05) is 32.8 Å². The molecule has 0 spiro atoms. The first-order valence-corrected chi connectivity index (χ1v) is 12.9. The van der Waals surface area contributed by atoms with Gasteiger partial charge >= 0.3 is 23.0 Å². The number of phosphoric acid groups is 1. The highest BCUT2D eigenvalue weighted by Gasteiger charge is 2.29. The number of hydrogen-bond acceptors (Lipinski definition) is 6. The van der Waals surface area contributed by atoms with E-state index in [1.54, 1.807) is 0 Å². The lowest BCUT2D eigenvalue weighted by Crippen LogP contribution is -2.39. The van der Waals surface area contributed by atoms with Gasteiger partial charge < -0.3 is 50.2 Å². The molecule has 0 aromatic heterocycles. The van der Waals surface area contributed by atoms with Crippen molar-refractivity contribution in [2.24, 2.45) is 0 Å². The van der Waals surface area contributed by atoms with Crippen LogP contribution in [0.5, 0.6) is 0 Å². The minimum atomic E-state index is -4.64. The van der Waals surface area contributed by atoms with Crippen LogP contribution in [0.25, 0.3) is 0 Å². The first-order chi connectivity index (χ1) is 11.6. The Balaban J connectivity index is 0. The summed E-state index contributed by atoms with van der Waals surface area (Å²) in [6, 6.07) is 0. The fourth-order valence-corrected chi connectivity index (χ4v) is 2.68. The van der Waals surface area contributed by atoms with Crippen LogP contribution >= 0.6 is 23.0 Å². The molecule has 26 heavy (non-hydrogen) atoms. The predicted molar refractivity (Wildman–Crippen MR) is 95.9 cm³/mol. The van der Waals surface area contributed by atoms with Gasteiger partial charge in [0.2, 0.25) is 0 Å². The molecule has 13 nitrogen and oxygen atoms in total. The molecule has 0 atom stereocenters. The zero-order valence-electron chi connectivity index (χ0n) is 14.4. The second-order valence-corrected chi connectivity index (χ2v) is 10.0. The number of hydrogen-bond donors (Lipinski definition) is 10. The molecule has 2 heterocycles. The Morgan fingerprint density at radius 2 is 0.885 bits per heavy atom. The summed E-state index contributed by atoms with van der Waals surface area (Å²) in [6.07, 6.45) is 1.20. The summed E-state index contributed by atoms with van der Waals surface area (Å²) < 4.78 is 28.9. The van der Waals surface area contributed by atoms with E-state index in [4.69, 9.17) is 38.8 Å². The monoisotopic (exact) mass is 445 g/mol. The molecule has 0 unspecified atom stereocenters. The molecule has 2 rings (SSSR count). The minimum absolute atomic E-state index is 0.395. The van der Waals surface area contributed by atoms with Gasteiger partial charge in [-0.2, -0.15) is 0 Å². The van der Waals surface area contributed by atoms with Gasteiger partial charge in [0.05, 0.1) is 5.66 Å².